The van der Waals surface area contributed by atoms with Gasteiger partial charge in [0.1, 0.15) is 0 Å². The van der Waals surface area contributed by atoms with Gasteiger partial charge in [0.15, 0.2) is 5.11 Å². The number of aryl methyl sites for hydroxylation is 1. The van der Waals surface area contributed by atoms with Gasteiger partial charge >= 0.3 is 0 Å². The molecule has 3 heterocycles. The van der Waals surface area contributed by atoms with E-state index < -0.39 is 0 Å². The molecule has 8 heteroatoms. The van der Waals surface area contributed by atoms with E-state index in [-0.39, 0.29) is 18.0 Å². The number of benzene rings is 2. The van der Waals surface area contributed by atoms with Gasteiger partial charge < -0.3 is 20.1 Å². The second-order valence-electron chi connectivity index (χ2n) is 10.0. The number of nitrogens with one attached hydrogen (secondary N) is 2. The summed E-state index contributed by atoms with van der Waals surface area (Å²) >= 11 is 12.2. The number of anilines is 1. The molecule has 0 bridgehead atoms. The van der Waals surface area contributed by atoms with Crippen molar-refractivity contribution in [3.05, 3.63) is 112 Å². The summed E-state index contributed by atoms with van der Waals surface area (Å²) in [5.74, 6) is -0.0513. The molecule has 200 valence electrons. The third-order valence-electron chi connectivity index (χ3n) is 7.45. The first kappa shape index (κ1) is 26.9. The van der Waals surface area contributed by atoms with E-state index in [1.165, 1.54) is 11.1 Å². The number of aromatic nitrogens is 2. The van der Waals surface area contributed by atoms with E-state index in [0.717, 1.165) is 34.0 Å². The number of carbonyl (C=O) groups excluding carboxylic acids is 1. The van der Waals surface area contributed by atoms with Crippen LogP contribution in [0, 0.1) is 27.7 Å². The number of pyridine rings is 1. The SMILES string of the molecule is Cc1cccc(NC(=O)CCN2C(=S)N[C@@H](c3ccccn3)[C@H]2c2c(C)c(C)n(-c3cccc(Cl)c3)c2C)c1. The molecular weight excluding hydrogens is 526 g/mol. The van der Waals surface area contributed by atoms with Gasteiger partial charge in [-0.25, -0.2) is 0 Å². The summed E-state index contributed by atoms with van der Waals surface area (Å²) in [5, 5.41) is 7.85. The van der Waals surface area contributed by atoms with Crippen molar-refractivity contribution in [3.63, 3.8) is 0 Å². The summed E-state index contributed by atoms with van der Waals surface area (Å²) < 4.78 is 2.25. The lowest BCUT2D eigenvalue weighted by Crippen LogP contribution is -2.33. The van der Waals surface area contributed by atoms with Crippen LogP contribution in [0.5, 0.6) is 0 Å². The zero-order valence-electron chi connectivity index (χ0n) is 22.5. The minimum absolute atomic E-state index is 0.0513. The number of thiocarbonyl (C=S) groups is 1. The van der Waals surface area contributed by atoms with Crippen LogP contribution in [0.1, 0.15) is 52.3 Å². The molecule has 1 aliphatic rings. The van der Waals surface area contributed by atoms with Crippen LogP contribution in [0.15, 0.2) is 72.9 Å². The van der Waals surface area contributed by atoms with Crippen LogP contribution in [0.3, 0.4) is 0 Å². The molecule has 2 aromatic carbocycles. The van der Waals surface area contributed by atoms with Crippen LogP contribution in [0.25, 0.3) is 5.69 Å². The van der Waals surface area contributed by atoms with E-state index in [1.54, 1.807) is 6.20 Å². The van der Waals surface area contributed by atoms with Gasteiger partial charge in [-0.15, -0.1) is 0 Å². The standard InChI is InChI=1S/C31H32ClN5OS/c1-19-9-7-11-24(17-19)34-27(38)14-16-36-30(29(35-31(36)39)26-13-5-6-15-33-26)28-20(2)21(3)37(22(28)4)25-12-8-10-23(32)18-25/h5-13,15,17-18,29-30H,14,16H2,1-4H3,(H,34,38)(H,35,39)/t29-,30+/m0/s1. The third-order valence-corrected chi connectivity index (χ3v) is 8.04. The minimum Gasteiger partial charge on any atom is -0.352 e. The maximum absolute atomic E-state index is 13.0. The Morgan fingerprint density at radius 2 is 1.82 bits per heavy atom. The lowest BCUT2D eigenvalue weighted by atomic mass is 9.93. The first-order chi connectivity index (χ1) is 18.7. The minimum atomic E-state index is -0.162. The predicted molar refractivity (Wildman–Crippen MR) is 162 cm³/mol. The summed E-state index contributed by atoms with van der Waals surface area (Å²) in [6, 6.07) is 21.3. The molecule has 1 aliphatic heterocycles. The highest BCUT2D eigenvalue weighted by molar-refractivity contribution is 7.80. The topological polar surface area (TPSA) is 62.2 Å². The van der Waals surface area contributed by atoms with Crippen LogP contribution < -0.4 is 10.6 Å². The molecule has 1 amide bonds. The highest BCUT2D eigenvalue weighted by atomic mass is 35.5. The molecule has 0 spiro atoms. The molecule has 39 heavy (non-hydrogen) atoms. The van der Waals surface area contributed by atoms with Crippen molar-refractivity contribution >= 4 is 40.5 Å². The van der Waals surface area contributed by atoms with Crippen molar-refractivity contribution in [1.29, 1.82) is 0 Å². The fraction of sp³-hybridized carbons (Fsp3) is 0.258. The molecule has 2 N–H and O–H groups in total. The van der Waals surface area contributed by atoms with Gasteiger partial charge in [0.05, 0.1) is 17.8 Å². The van der Waals surface area contributed by atoms with Crippen LogP contribution in [0.4, 0.5) is 5.69 Å². The largest absolute Gasteiger partial charge is 0.352 e. The zero-order chi connectivity index (χ0) is 27.7. The normalized spacial score (nSPS) is 16.8. The molecule has 0 unspecified atom stereocenters. The predicted octanol–water partition coefficient (Wildman–Crippen LogP) is 6.76. The second-order valence-corrected chi connectivity index (χ2v) is 10.8. The van der Waals surface area contributed by atoms with Gasteiger partial charge in [-0.05, 0) is 93.5 Å². The zero-order valence-corrected chi connectivity index (χ0v) is 24.1. The summed E-state index contributed by atoms with van der Waals surface area (Å²) in [7, 11) is 0. The Morgan fingerprint density at radius 1 is 1.03 bits per heavy atom. The summed E-state index contributed by atoms with van der Waals surface area (Å²) in [4.78, 5) is 19.8. The van der Waals surface area contributed by atoms with Crippen molar-refractivity contribution in [3.8, 4) is 5.69 Å². The summed E-state index contributed by atoms with van der Waals surface area (Å²) in [6.45, 7) is 8.89. The fourth-order valence-electron chi connectivity index (χ4n) is 5.57. The average Bonchev–Trinajstić information content (AvgIpc) is 3.34. The quantitative estimate of drug-likeness (QED) is 0.246. The first-order valence-electron chi connectivity index (χ1n) is 13.0. The first-order valence-corrected chi connectivity index (χ1v) is 13.8. The molecule has 1 fully saturated rings. The molecule has 0 saturated carbocycles. The number of nitrogens with zero attached hydrogens (tertiary/aromatic N) is 3. The molecule has 0 radical (unpaired) electrons. The lowest BCUT2D eigenvalue weighted by molar-refractivity contribution is -0.116. The maximum atomic E-state index is 13.0. The number of amides is 1. The number of rotatable bonds is 7. The second kappa shape index (κ2) is 11.2. The Labute approximate surface area is 240 Å². The summed E-state index contributed by atoms with van der Waals surface area (Å²) in [6.07, 6.45) is 2.10. The van der Waals surface area contributed by atoms with Gasteiger partial charge in [-0.1, -0.05) is 35.9 Å². The van der Waals surface area contributed by atoms with E-state index in [0.29, 0.717) is 23.1 Å². The Bertz CT molecular complexity index is 1530. The third kappa shape index (κ3) is 5.42. The van der Waals surface area contributed by atoms with E-state index in [2.05, 4.69) is 51.9 Å². The van der Waals surface area contributed by atoms with E-state index in [4.69, 9.17) is 23.8 Å². The van der Waals surface area contributed by atoms with Crippen LogP contribution in [-0.2, 0) is 4.79 Å². The van der Waals surface area contributed by atoms with E-state index in [9.17, 15) is 4.79 Å². The van der Waals surface area contributed by atoms with Crippen molar-refractivity contribution in [2.45, 2.75) is 46.2 Å². The summed E-state index contributed by atoms with van der Waals surface area (Å²) in [5.41, 5.74) is 8.42. The molecule has 6 nitrogen and oxygen atoms in total. The van der Waals surface area contributed by atoms with Gasteiger partial charge in [-0.2, -0.15) is 0 Å². The molecule has 0 aliphatic carbocycles. The number of hydrogen-bond acceptors (Lipinski definition) is 3. The Morgan fingerprint density at radius 3 is 2.54 bits per heavy atom. The van der Waals surface area contributed by atoms with Crippen LogP contribution in [-0.4, -0.2) is 32.0 Å². The van der Waals surface area contributed by atoms with Gasteiger partial charge in [0.25, 0.3) is 0 Å². The van der Waals surface area contributed by atoms with Crippen LogP contribution in [0.2, 0.25) is 5.02 Å². The van der Waals surface area contributed by atoms with E-state index >= 15 is 0 Å². The Kier molecular flexibility index (Phi) is 7.73. The molecule has 1 saturated heterocycles. The van der Waals surface area contributed by atoms with Crippen LogP contribution >= 0.6 is 23.8 Å². The lowest BCUT2D eigenvalue weighted by Gasteiger charge is -2.29. The van der Waals surface area contributed by atoms with Crippen molar-refractivity contribution in [1.82, 2.24) is 19.8 Å². The van der Waals surface area contributed by atoms with Gasteiger partial charge in [-0.3, -0.25) is 9.78 Å². The number of hydrogen-bond donors (Lipinski definition) is 2. The molecule has 5 rings (SSSR count). The van der Waals surface area contributed by atoms with Crippen molar-refractivity contribution in [2.24, 2.45) is 0 Å². The Hall–Kier alpha value is -3.68. The van der Waals surface area contributed by atoms with E-state index in [1.807, 2.05) is 67.6 Å². The number of carbonyl (C=O) groups is 1. The van der Waals surface area contributed by atoms with Gasteiger partial charge in [0.2, 0.25) is 5.91 Å². The highest BCUT2D eigenvalue weighted by Crippen LogP contribution is 2.43. The Balaban J connectivity index is 1.51. The molecule has 4 aromatic rings. The molecular formula is C31H32ClN5OS. The average molecular weight is 558 g/mol. The van der Waals surface area contributed by atoms with Crippen molar-refractivity contribution < 1.29 is 4.79 Å². The smallest absolute Gasteiger partial charge is 0.226 e. The molecule has 2 aromatic heterocycles. The van der Waals surface area contributed by atoms with Gasteiger partial charge in [0, 0.05) is 52.5 Å². The fourth-order valence-corrected chi connectivity index (χ4v) is 6.09. The monoisotopic (exact) mass is 557 g/mol. The van der Waals surface area contributed by atoms with Crippen molar-refractivity contribution in [2.75, 3.05) is 11.9 Å². The number of halogens is 1. The molecule has 2 atom stereocenters. The maximum Gasteiger partial charge on any atom is 0.226 e. The highest BCUT2D eigenvalue weighted by Gasteiger charge is 2.42.